The van der Waals surface area contributed by atoms with Gasteiger partial charge in [-0.05, 0) is 92.3 Å². The SMILES string of the molecule is CC[C@@]1(C(=O)OC)CC[C@H]2[C@@H]3CC[C@@H]4CCCC[C@]4(C)[C@H]3CC[C@@]21C. The predicted octanol–water partition coefficient (Wildman–Crippen LogP) is 5.99. The molecule has 4 aliphatic rings. The van der Waals surface area contributed by atoms with Crippen molar-refractivity contribution in [2.75, 3.05) is 7.11 Å². The van der Waals surface area contributed by atoms with E-state index in [0.717, 1.165) is 36.5 Å². The van der Waals surface area contributed by atoms with Gasteiger partial charge < -0.3 is 4.74 Å². The van der Waals surface area contributed by atoms with Crippen molar-refractivity contribution >= 4 is 5.97 Å². The molecule has 0 heterocycles. The lowest BCUT2D eigenvalue weighted by atomic mass is 9.43. The Kier molecular flexibility index (Phi) is 4.28. The van der Waals surface area contributed by atoms with E-state index in [1.807, 2.05) is 0 Å². The summed E-state index contributed by atoms with van der Waals surface area (Å²) in [4.78, 5) is 12.9. The number of esters is 1. The Labute approximate surface area is 154 Å². The van der Waals surface area contributed by atoms with Crippen LogP contribution in [0, 0.1) is 39.9 Å². The quantitative estimate of drug-likeness (QED) is 0.574. The summed E-state index contributed by atoms with van der Waals surface area (Å²) in [7, 11) is 1.59. The van der Waals surface area contributed by atoms with Crippen LogP contribution in [0.1, 0.15) is 91.4 Å². The molecule has 0 spiro atoms. The summed E-state index contributed by atoms with van der Waals surface area (Å²) in [6, 6.07) is 0. The Morgan fingerprint density at radius 3 is 2.44 bits per heavy atom. The molecule has 0 radical (unpaired) electrons. The number of fused-ring (bicyclic) bond motifs is 5. The normalized spacial score (nSPS) is 52.0. The summed E-state index contributed by atoms with van der Waals surface area (Å²) >= 11 is 0. The summed E-state index contributed by atoms with van der Waals surface area (Å²) in [6.45, 7) is 7.31. The summed E-state index contributed by atoms with van der Waals surface area (Å²) in [5, 5.41) is 0. The van der Waals surface area contributed by atoms with Crippen molar-refractivity contribution in [1.82, 2.24) is 0 Å². The third kappa shape index (κ3) is 2.18. The lowest BCUT2D eigenvalue weighted by molar-refractivity contribution is -0.171. The van der Waals surface area contributed by atoms with Crippen molar-refractivity contribution in [3.63, 3.8) is 0 Å². The molecule has 4 rings (SSSR count). The summed E-state index contributed by atoms with van der Waals surface area (Å²) in [5.74, 6) is 3.57. The first-order valence-electron chi connectivity index (χ1n) is 11.0. The topological polar surface area (TPSA) is 26.3 Å². The first kappa shape index (κ1) is 17.9. The smallest absolute Gasteiger partial charge is 0.312 e. The van der Waals surface area contributed by atoms with Crippen LogP contribution in [0.2, 0.25) is 0 Å². The molecule has 4 fully saturated rings. The monoisotopic (exact) mass is 346 g/mol. The Balaban J connectivity index is 1.67. The van der Waals surface area contributed by atoms with Gasteiger partial charge in [0, 0.05) is 0 Å². The van der Waals surface area contributed by atoms with Crippen molar-refractivity contribution in [2.45, 2.75) is 91.4 Å². The zero-order valence-corrected chi connectivity index (χ0v) is 16.9. The summed E-state index contributed by atoms with van der Waals surface area (Å²) < 4.78 is 5.35. The van der Waals surface area contributed by atoms with Crippen LogP contribution in [0.15, 0.2) is 0 Å². The third-order valence-electron chi connectivity index (χ3n) is 10.1. The maximum Gasteiger partial charge on any atom is 0.312 e. The standard InChI is InChI=1S/C23H38O2/c1-5-23(20(24)25-4)15-12-19-17-10-9-16-8-6-7-13-21(16,2)18(17)11-14-22(19,23)3/h16-19H,5-15H2,1-4H3/t16-,17+,18-,19-,21-,22-,23-/m0/s1. The molecular formula is C23H38O2. The lowest BCUT2D eigenvalue weighted by Crippen LogP contribution is -2.55. The summed E-state index contributed by atoms with van der Waals surface area (Å²) in [5.41, 5.74) is 0.529. The number of carbonyl (C=O) groups is 1. The van der Waals surface area contributed by atoms with E-state index in [1.54, 1.807) is 7.11 Å². The van der Waals surface area contributed by atoms with Crippen molar-refractivity contribution in [3.8, 4) is 0 Å². The van der Waals surface area contributed by atoms with Gasteiger partial charge >= 0.3 is 5.97 Å². The number of hydrogen-bond donors (Lipinski definition) is 0. The molecule has 142 valence electrons. The Morgan fingerprint density at radius 2 is 1.72 bits per heavy atom. The molecule has 0 amide bonds. The average Bonchev–Trinajstić information content (AvgIpc) is 2.93. The average molecular weight is 347 g/mol. The molecule has 0 unspecified atom stereocenters. The molecule has 0 saturated heterocycles. The Morgan fingerprint density at radius 1 is 0.960 bits per heavy atom. The van der Waals surface area contributed by atoms with Crippen LogP contribution in [0.4, 0.5) is 0 Å². The van der Waals surface area contributed by atoms with Gasteiger partial charge in [-0.3, -0.25) is 4.79 Å². The van der Waals surface area contributed by atoms with E-state index in [4.69, 9.17) is 4.74 Å². The molecule has 0 aromatic rings. The van der Waals surface area contributed by atoms with Gasteiger partial charge in [0.05, 0.1) is 12.5 Å². The number of rotatable bonds is 2. The molecule has 2 heteroatoms. The fraction of sp³-hybridized carbons (Fsp3) is 0.957. The highest BCUT2D eigenvalue weighted by Gasteiger charge is 2.66. The van der Waals surface area contributed by atoms with Gasteiger partial charge in [-0.15, -0.1) is 0 Å². The van der Waals surface area contributed by atoms with Gasteiger partial charge in [-0.25, -0.2) is 0 Å². The van der Waals surface area contributed by atoms with Gasteiger partial charge in [0.2, 0.25) is 0 Å². The molecule has 4 aliphatic carbocycles. The van der Waals surface area contributed by atoms with E-state index in [1.165, 1.54) is 57.8 Å². The molecule has 0 aromatic heterocycles. The van der Waals surface area contributed by atoms with Crippen LogP contribution < -0.4 is 0 Å². The van der Waals surface area contributed by atoms with Gasteiger partial charge in [-0.2, -0.15) is 0 Å². The highest BCUT2D eigenvalue weighted by molar-refractivity contribution is 5.78. The van der Waals surface area contributed by atoms with E-state index in [-0.39, 0.29) is 16.8 Å². The molecule has 7 atom stereocenters. The highest BCUT2D eigenvalue weighted by atomic mass is 16.5. The molecule has 0 N–H and O–H groups in total. The van der Waals surface area contributed by atoms with E-state index in [0.29, 0.717) is 5.41 Å². The molecule has 0 aliphatic heterocycles. The lowest BCUT2D eigenvalue weighted by Gasteiger charge is -2.61. The van der Waals surface area contributed by atoms with Gasteiger partial charge in [0.25, 0.3) is 0 Å². The van der Waals surface area contributed by atoms with Crippen molar-refractivity contribution in [2.24, 2.45) is 39.9 Å². The van der Waals surface area contributed by atoms with Crippen LogP contribution in [0.5, 0.6) is 0 Å². The zero-order valence-electron chi connectivity index (χ0n) is 16.9. The molecule has 4 saturated carbocycles. The molecular weight excluding hydrogens is 308 g/mol. The largest absolute Gasteiger partial charge is 0.469 e. The van der Waals surface area contributed by atoms with Gasteiger partial charge in [-0.1, -0.05) is 33.6 Å². The van der Waals surface area contributed by atoms with Gasteiger partial charge in [0.15, 0.2) is 0 Å². The number of ether oxygens (including phenoxy) is 1. The van der Waals surface area contributed by atoms with Gasteiger partial charge in [0.1, 0.15) is 0 Å². The van der Waals surface area contributed by atoms with E-state index in [2.05, 4.69) is 20.8 Å². The Hall–Kier alpha value is -0.530. The second-order valence-corrected chi connectivity index (χ2v) is 10.3. The third-order valence-corrected chi connectivity index (χ3v) is 10.1. The maximum atomic E-state index is 12.9. The molecule has 0 bridgehead atoms. The number of methoxy groups -OCH3 is 1. The van der Waals surface area contributed by atoms with Crippen LogP contribution >= 0.6 is 0 Å². The minimum Gasteiger partial charge on any atom is -0.469 e. The van der Waals surface area contributed by atoms with Crippen LogP contribution in [-0.4, -0.2) is 13.1 Å². The molecule has 25 heavy (non-hydrogen) atoms. The van der Waals surface area contributed by atoms with Crippen LogP contribution in [0.25, 0.3) is 0 Å². The first-order valence-corrected chi connectivity index (χ1v) is 11.0. The predicted molar refractivity (Wildman–Crippen MR) is 101 cm³/mol. The van der Waals surface area contributed by atoms with E-state index in [9.17, 15) is 4.79 Å². The minimum atomic E-state index is -0.221. The van der Waals surface area contributed by atoms with Crippen molar-refractivity contribution < 1.29 is 9.53 Å². The minimum absolute atomic E-state index is 0.0796. The van der Waals surface area contributed by atoms with Crippen molar-refractivity contribution in [3.05, 3.63) is 0 Å². The fourth-order valence-electron chi connectivity index (χ4n) is 8.69. The fourth-order valence-corrected chi connectivity index (χ4v) is 8.69. The number of carbonyl (C=O) groups excluding carboxylic acids is 1. The van der Waals surface area contributed by atoms with Crippen molar-refractivity contribution in [1.29, 1.82) is 0 Å². The summed E-state index contributed by atoms with van der Waals surface area (Å²) in [6.07, 6.45) is 14.5. The first-order chi connectivity index (χ1) is 11.9. The Bertz CT molecular complexity index is 542. The second kappa shape index (κ2) is 5.99. The van der Waals surface area contributed by atoms with Crippen LogP contribution in [-0.2, 0) is 9.53 Å². The highest BCUT2D eigenvalue weighted by Crippen LogP contribution is 2.71. The molecule has 2 nitrogen and oxygen atoms in total. The van der Waals surface area contributed by atoms with Crippen LogP contribution in [0.3, 0.4) is 0 Å². The van der Waals surface area contributed by atoms with E-state index < -0.39 is 0 Å². The number of hydrogen-bond acceptors (Lipinski definition) is 2. The second-order valence-electron chi connectivity index (χ2n) is 10.3. The molecule has 0 aromatic carbocycles. The maximum absolute atomic E-state index is 12.9. The van der Waals surface area contributed by atoms with E-state index >= 15 is 0 Å². The zero-order chi connectivity index (χ0) is 17.9.